The zero-order chi connectivity index (χ0) is 23.5. The van der Waals surface area contributed by atoms with Gasteiger partial charge in [-0.3, -0.25) is 4.79 Å². The van der Waals surface area contributed by atoms with Crippen LogP contribution in [0.3, 0.4) is 0 Å². The first kappa shape index (κ1) is 22.3. The summed E-state index contributed by atoms with van der Waals surface area (Å²) in [5.74, 6) is 2.33. The number of para-hydroxylation sites is 1. The number of carbonyl (C=O) groups is 1. The molecule has 0 aliphatic carbocycles. The molecule has 0 spiro atoms. The molecule has 34 heavy (non-hydrogen) atoms. The van der Waals surface area contributed by atoms with Crippen LogP contribution in [-0.4, -0.2) is 60.7 Å². The van der Waals surface area contributed by atoms with Crippen molar-refractivity contribution in [1.29, 1.82) is 0 Å². The molecule has 176 valence electrons. The van der Waals surface area contributed by atoms with E-state index in [1.165, 1.54) is 11.1 Å². The average Bonchev–Trinajstić information content (AvgIpc) is 2.88. The van der Waals surface area contributed by atoms with Crippen molar-refractivity contribution in [3.63, 3.8) is 0 Å². The average molecular weight is 459 g/mol. The van der Waals surface area contributed by atoms with Gasteiger partial charge in [0.05, 0.1) is 38.1 Å². The van der Waals surface area contributed by atoms with Gasteiger partial charge >= 0.3 is 0 Å². The molecule has 3 aromatic rings. The van der Waals surface area contributed by atoms with Crippen molar-refractivity contribution in [2.24, 2.45) is 0 Å². The highest BCUT2D eigenvalue weighted by Crippen LogP contribution is 2.30. The van der Waals surface area contributed by atoms with Crippen LogP contribution in [0, 0.1) is 6.92 Å². The Hall–Kier alpha value is -3.45. The molecule has 7 nitrogen and oxygen atoms in total. The Bertz CT molecular complexity index is 1190. The molecule has 2 aromatic carbocycles. The van der Waals surface area contributed by atoms with Gasteiger partial charge in [-0.15, -0.1) is 0 Å². The Labute approximate surface area is 200 Å². The number of amides is 1. The number of aryl methyl sites for hydroxylation is 1. The summed E-state index contributed by atoms with van der Waals surface area (Å²) < 4.78 is 11.0. The van der Waals surface area contributed by atoms with Gasteiger partial charge in [-0.25, -0.2) is 9.97 Å². The summed E-state index contributed by atoms with van der Waals surface area (Å²) in [5.41, 5.74) is 5.11. The van der Waals surface area contributed by atoms with Crippen molar-refractivity contribution < 1.29 is 14.3 Å². The summed E-state index contributed by atoms with van der Waals surface area (Å²) in [7, 11) is 1.59. The van der Waals surface area contributed by atoms with E-state index >= 15 is 0 Å². The van der Waals surface area contributed by atoms with Crippen molar-refractivity contribution in [2.45, 2.75) is 26.3 Å². The molecular formula is C27H30N4O3. The number of fused-ring (bicyclic) bond motifs is 1. The van der Waals surface area contributed by atoms with Gasteiger partial charge in [-0.1, -0.05) is 42.0 Å². The molecule has 0 saturated carbocycles. The second-order valence-electron chi connectivity index (χ2n) is 8.83. The van der Waals surface area contributed by atoms with E-state index < -0.39 is 0 Å². The first-order chi connectivity index (χ1) is 16.6. The minimum absolute atomic E-state index is 0.0279. The first-order valence-corrected chi connectivity index (χ1v) is 11.8. The van der Waals surface area contributed by atoms with Crippen molar-refractivity contribution >= 4 is 11.7 Å². The van der Waals surface area contributed by atoms with E-state index in [0.29, 0.717) is 50.5 Å². The number of nitrogens with zero attached hydrogens (tertiary/aromatic N) is 4. The highest BCUT2D eigenvalue weighted by molar-refractivity contribution is 5.97. The maximum atomic E-state index is 13.4. The smallest absolute Gasteiger partial charge is 0.257 e. The molecule has 2 aliphatic rings. The lowest BCUT2D eigenvalue weighted by atomic mass is 10.0. The van der Waals surface area contributed by atoms with E-state index in [4.69, 9.17) is 19.4 Å². The van der Waals surface area contributed by atoms with Gasteiger partial charge < -0.3 is 19.3 Å². The summed E-state index contributed by atoms with van der Waals surface area (Å²) in [6.45, 7) is 6.13. The second kappa shape index (κ2) is 9.81. The predicted octanol–water partition coefficient (Wildman–Crippen LogP) is 3.42. The molecule has 1 fully saturated rings. The minimum atomic E-state index is -0.0279. The van der Waals surface area contributed by atoms with Gasteiger partial charge in [0.25, 0.3) is 5.91 Å². The molecule has 1 saturated heterocycles. The molecule has 7 heteroatoms. The number of carbonyl (C=O) groups excluding carboxylic acids is 1. The number of anilines is 1. The Morgan fingerprint density at radius 3 is 2.68 bits per heavy atom. The van der Waals surface area contributed by atoms with Crippen LogP contribution in [0.15, 0.2) is 48.5 Å². The quantitative estimate of drug-likeness (QED) is 0.584. The Balaban J connectivity index is 1.48. The number of methoxy groups -OCH3 is 1. The number of aromatic nitrogens is 2. The third-order valence-electron chi connectivity index (χ3n) is 6.46. The van der Waals surface area contributed by atoms with Crippen LogP contribution in [0.1, 0.15) is 38.6 Å². The molecule has 0 radical (unpaired) electrons. The summed E-state index contributed by atoms with van der Waals surface area (Å²) >= 11 is 0. The maximum Gasteiger partial charge on any atom is 0.257 e. The van der Waals surface area contributed by atoms with E-state index in [1.807, 2.05) is 29.2 Å². The number of hydrogen-bond acceptors (Lipinski definition) is 6. The van der Waals surface area contributed by atoms with E-state index in [9.17, 15) is 4.79 Å². The SMILES string of the molecule is COc1ccccc1C(=O)N1CCc2nc(Cc3cccc(C)c3)nc(N3CCOCC3)c2C1. The molecule has 1 amide bonds. The van der Waals surface area contributed by atoms with Gasteiger partial charge in [0.1, 0.15) is 17.4 Å². The summed E-state index contributed by atoms with van der Waals surface area (Å²) in [5, 5.41) is 0. The lowest BCUT2D eigenvalue weighted by Gasteiger charge is -2.34. The van der Waals surface area contributed by atoms with Crippen LogP contribution in [0.2, 0.25) is 0 Å². The van der Waals surface area contributed by atoms with Gasteiger partial charge in [0, 0.05) is 38.0 Å². The fourth-order valence-corrected chi connectivity index (χ4v) is 4.73. The lowest BCUT2D eigenvalue weighted by Crippen LogP contribution is -2.41. The number of morpholine rings is 1. The molecule has 2 aliphatic heterocycles. The van der Waals surface area contributed by atoms with Gasteiger partial charge in [0.2, 0.25) is 0 Å². The van der Waals surface area contributed by atoms with Crippen LogP contribution >= 0.6 is 0 Å². The van der Waals surface area contributed by atoms with E-state index in [-0.39, 0.29) is 5.91 Å². The van der Waals surface area contributed by atoms with Gasteiger partial charge in [-0.05, 0) is 24.6 Å². The van der Waals surface area contributed by atoms with E-state index in [0.717, 1.165) is 36.0 Å². The van der Waals surface area contributed by atoms with Crippen molar-refractivity contribution in [3.8, 4) is 5.75 Å². The zero-order valence-corrected chi connectivity index (χ0v) is 19.8. The topological polar surface area (TPSA) is 67.8 Å². The van der Waals surface area contributed by atoms with Gasteiger partial charge in [0.15, 0.2) is 0 Å². The molecular weight excluding hydrogens is 428 g/mol. The number of hydrogen-bond donors (Lipinski definition) is 0. The molecule has 0 atom stereocenters. The van der Waals surface area contributed by atoms with Crippen LogP contribution in [0.4, 0.5) is 5.82 Å². The summed E-state index contributed by atoms with van der Waals surface area (Å²) in [6, 6.07) is 15.9. The maximum absolute atomic E-state index is 13.4. The van der Waals surface area contributed by atoms with Crippen LogP contribution in [0.25, 0.3) is 0 Å². The third-order valence-corrected chi connectivity index (χ3v) is 6.46. The van der Waals surface area contributed by atoms with Crippen molar-refractivity contribution in [2.75, 3.05) is 44.9 Å². The minimum Gasteiger partial charge on any atom is -0.496 e. The zero-order valence-electron chi connectivity index (χ0n) is 19.8. The normalized spacial score (nSPS) is 15.7. The Morgan fingerprint density at radius 2 is 1.88 bits per heavy atom. The second-order valence-corrected chi connectivity index (χ2v) is 8.83. The monoisotopic (exact) mass is 458 g/mol. The highest BCUT2D eigenvalue weighted by Gasteiger charge is 2.29. The fraction of sp³-hybridized carbons (Fsp3) is 0.370. The van der Waals surface area contributed by atoms with Crippen LogP contribution in [0.5, 0.6) is 5.75 Å². The summed E-state index contributed by atoms with van der Waals surface area (Å²) in [4.78, 5) is 27.5. The first-order valence-electron chi connectivity index (χ1n) is 11.8. The Kier molecular flexibility index (Phi) is 6.45. The number of rotatable bonds is 5. The van der Waals surface area contributed by atoms with Gasteiger partial charge in [-0.2, -0.15) is 0 Å². The van der Waals surface area contributed by atoms with E-state index in [2.05, 4.69) is 36.1 Å². The standard InChI is InChI=1S/C27H30N4O3/c1-19-6-5-7-20(16-19)17-25-28-23-10-11-31(27(32)21-8-3-4-9-24(21)33-2)18-22(23)26(29-25)30-12-14-34-15-13-30/h3-9,16H,10-15,17-18H2,1-2H3. The molecule has 0 N–H and O–H groups in total. The molecule has 3 heterocycles. The largest absolute Gasteiger partial charge is 0.496 e. The van der Waals surface area contributed by atoms with Crippen molar-refractivity contribution in [1.82, 2.24) is 14.9 Å². The fourth-order valence-electron chi connectivity index (χ4n) is 4.73. The molecule has 0 unspecified atom stereocenters. The Morgan fingerprint density at radius 1 is 1.06 bits per heavy atom. The van der Waals surface area contributed by atoms with Crippen LogP contribution in [-0.2, 0) is 24.1 Å². The highest BCUT2D eigenvalue weighted by atomic mass is 16.5. The summed E-state index contributed by atoms with van der Waals surface area (Å²) in [6.07, 6.45) is 1.40. The third kappa shape index (κ3) is 4.61. The number of benzene rings is 2. The predicted molar refractivity (Wildman–Crippen MR) is 130 cm³/mol. The lowest BCUT2D eigenvalue weighted by molar-refractivity contribution is 0.0729. The molecule has 0 bridgehead atoms. The van der Waals surface area contributed by atoms with Crippen molar-refractivity contribution in [3.05, 3.63) is 82.3 Å². The number of ether oxygens (including phenoxy) is 2. The molecule has 5 rings (SSSR count). The van der Waals surface area contributed by atoms with E-state index in [1.54, 1.807) is 7.11 Å². The molecule has 1 aromatic heterocycles. The van der Waals surface area contributed by atoms with Crippen LogP contribution < -0.4 is 9.64 Å².